The third-order valence-corrected chi connectivity index (χ3v) is 1.75. The van der Waals surface area contributed by atoms with Crippen LogP contribution in [0.1, 0.15) is 12.5 Å². The zero-order valence-corrected chi connectivity index (χ0v) is 5.96. The van der Waals surface area contributed by atoms with Gasteiger partial charge in [0.15, 0.2) is 0 Å². The van der Waals surface area contributed by atoms with Crippen LogP contribution in [0.4, 0.5) is 5.69 Å². The first-order valence-electron chi connectivity index (χ1n) is 3.48. The quantitative estimate of drug-likeness (QED) is 0.485. The van der Waals surface area contributed by atoms with Crippen molar-refractivity contribution in [1.82, 2.24) is 0 Å². The van der Waals surface area contributed by atoms with Gasteiger partial charge >= 0.3 is 0 Å². The molecule has 11 heavy (non-hydrogen) atoms. The maximum absolute atomic E-state index is 4.37. The van der Waals surface area contributed by atoms with Crippen LogP contribution in [0.2, 0.25) is 0 Å². The molecule has 56 valence electrons. The number of aliphatic imine (C=N–C) groups is 1. The fraction of sp³-hybridized carbons (Fsp3) is 0.222. The van der Waals surface area contributed by atoms with Gasteiger partial charge in [0.25, 0.3) is 0 Å². The average molecular weight is 145 g/mol. The van der Waals surface area contributed by atoms with Crippen molar-refractivity contribution in [2.24, 2.45) is 4.99 Å². The van der Waals surface area contributed by atoms with Crippen LogP contribution in [0.15, 0.2) is 29.3 Å². The molecule has 0 aromatic heterocycles. The molecule has 1 nitrogen and oxygen atoms in total. The van der Waals surface area contributed by atoms with Gasteiger partial charge in [-0.15, -0.1) is 0 Å². The van der Waals surface area contributed by atoms with E-state index in [-0.39, 0.29) is 8.41 Å². The van der Waals surface area contributed by atoms with E-state index in [0.29, 0.717) is 0 Å². The Bertz CT molecular complexity index is 291. The van der Waals surface area contributed by atoms with Crippen LogP contribution >= 0.6 is 0 Å². The monoisotopic (exact) mass is 145 g/mol. The predicted molar refractivity (Wildman–Crippen MR) is 52.9 cm³/mol. The standard InChI is InChI=1S/C9H9N.BH3/c1-7-6-8-4-2-3-5-9(8)10-7;/h2-5H,6H2,1H3;1H3. The largest absolute Gasteiger partial charge is 0.257 e. The van der Waals surface area contributed by atoms with E-state index in [1.165, 1.54) is 11.3 Å². The maximum Gasteiger partial charge on any atom is 0.0814 e. The number of hydrogen-bond donors (Lipinski definition) is 0. The van der Waals surface area contributed by atoms with E-state index in [1.54, 1.807) is 0 Å². The Morgan fingerprint density at radius 3 is 2.73 bits per heavy atom. The molecule has 1 aliphatic heterocycles. The molecule has 1 aromatic carbocycles. The van der Waals surface area contributed by atoms with Crippen LogP contribution < -0.4 is 0 Å². The Labute approximate surface area is 68.7 Å². The summed E-state index contributed by atoms with van der Waals surface area (Å²) < 4.78 is 0. The zero-order valence-electron chi connectivity index (χ0n) is 5.96. The smallest absolute Gasteiger partial charge is 0.0814 e. The molecule has 0 radical (unpaired) electrons. The van der Waals surface area contributed by atoms with Crippen molar-refractivity contribution in [3.8, 4) is 0 Å². The van der Waals surface area contributed by atoms with Crippen LogP contribution in [0.25, 0.3) is 0 Å². The molecule has 0 N–H and O–H groups in total. The van der Waals surface area contributed by atoms with Gasteiger partial charge in [0.05, 0.1) is 14.1 Å². The summed E-state index contributed by atoms with van der Waals surface area (Å²) >= 11 is 0. The van der Waals surface area contributed by atoms with E-state index in [1.807, 2.05) is 6.07 Å². The normalized spacial score (nSPS) is 13.4. The van der Waals surface area contributed by atoms with Crippen molar-refractivity contribution in [2.75, 3.05) is 0 Å². The fourth-order valence-electron chi connectivity index (χ4n) is 1.29. The summed E-state index contributed by atoms with van der Waals surface area (Å²) in [5.74, 6) is 0. The van der Waals surface area contributed by atoms with Gasteiger partial charge in [-0.1, -0.05) is 18.2 Å². The third kappa shape index (κ3) is 1.34. The van der Waals surface area contributed by atoms with Gasteiger partial charge in [0.2, 0.25) is 0 Å². The molecule has 0 bridgehead atoms. The van der Waals surface area contributed by atoms with Gasteiger partial charge in [-0.25, -0.2) is 0 Å². The Kier molecular flexibility index (Phi) is 2.13. The lowest BCUT2D eigenvalue weighted by atomic mass is 10.1. The van der Waals surface area contributed by atoms with E-state index >= 15 is 0 Å². The lowest BCUT2D eigenvalue weighted by Crippen LogP contribution is -1.87. The molecule has 1 heterocycles. The van der Waals surface area contributed by atoms with Gasteiger partial charge in [0, 0.05) is 12.1 Å². The first-order chi connectivity index (χ1) is 4.86. The molecular formula is C9H12BN. The topological polar surface area (TPSA) is 12.4 Å². The van der Waals surface area contributed by atoms with Crippen LogP contribution in [0, 0.1) is 0 Å². The second-order valence-corrected chi connectivity index (χ2v) is 2.65. The molecule has 0 fully saturated rings. The summed E-state index contributed by atoms with van der Waals surface area (Å²) in [5, 5.41) is 0. The van der Waals surface area contributed by atoms with E-state index in [4.69, 9.17) is 0 Å². The number of benzene rings is 1. The van der Waals surface area contributed by atoms with Crippen LogP contribution in [-0.2, 0) is 6.42 Å². The number of hydrogen-bond acceptors (Lipinski definition) is 1. The summed E-state index contributed by atoms with van der Waals surface area (Å²) in [6, 6.07) is 8.29. The molecule has 1 aromatic rings. The first kappa shape index (κ1) is 8.06. The molecule has 2 rings (SSSR count). The summed E-state index contributed by atoms with van der Waals surface area (Å²) in [4.78, 5) is 4.37. The fourth-order valence-corrected chi connectivity index (χ4v) is 1.29. The minimum atomic E-state index is 0. The lowest BCUT2D eigenvalue weighted by Gasteiger charge is -1.91. The maximum atomic E-state index is 4.37. The minimum Gasteiger partial charge on any atom is -0.257 e. The van der Waals surface area contributed by atoms with Crippen molar-refractivity contribution in [3.05, 3.63) is 29.8 Å². The van der Waals surface area contributed by atoms with Crippen molar-refractivity contribution in [1.29, 1.82) is 0 Å². The zero-order chi connectivity index (χ0) is 6.97. The molecule has 0 aliphatic carbocycles. The summed E-state index contributed by atoms with van der Waals surface area (Å²) in [7, 11) is 0. The molecule has 0 unspecified atom stereocenters. The van der Waals surface area contributed by atoms with E-state index in [9.17, 15) is 0 Å². The Hall–Kier alpha value is -1.05. The molecule has 2 heteroatoms. The van der Waals surface area contributed by atoms with Crippen molar-refractivity contribution in [3.63, 3.8) is 0 Å². The highest BCUT2D eigenvalue weighted by Gasteiger charge is 2.08. The second-order valence-electron chi connectivity index (χ2n) is 2.65. The number of fused-ring (bicyclic) bond motifs is 1. The molecule has 0 saturated carbocycles. The number of nitrogens with zero attached hydrogens (tertiary/aromatic N) is 1. The van der Waals surface area contributed by atoms with Gasteiger partial charge < -0.3 is 0 Å². The summed E-state index contributed by atoms with van der Waals surface area (Å²) in [5.41, 5.74) is 3.74. The summed E-state index contributed by atoms with van der Waals surface area (Å²) in [6.45, 7) is 2.07. The highest BCUT2D eigenvalue weighted by molar-refractivity contribution is 5.91. The Morgan fingerprint density at radius 1 is 1.27 bits per heavy atom. The van der Waals surface area contributed by atoms with Gasteiger partial charge in [-0.3, -0.25) is 4.99 Å². The first-order valence-corrected chi connectivity index (χ1v) is 3.48. The number of rotatable bonds is 0. The molecular weight excluding hydrogens is 133 g/mol. The SMILES string of the molecule is B.CC1=Nc2ccccc2C1. The second kappa shape index (κ2) is 2.91. The highest BCUT2D eigenvalue weighted by Crippen LogP contribution is 2.25. The minimum absolute atomic E-state index is 0. The molecule has 0 amide bonds. The lowest BCUT2D eigenvalue weighted by molar-refractivity contribution is 1.39. The van der Waals surface area contributed by atoms with Gasteiger partial charge in [-0.2, -0.15) is 0 Å². The average Bonchev–Trinajstić information content (AvgIpc) is 2.27. The van der Waals surface area contributed by atoms with Gasteiger partial charge in [0.1, 0.15) is 0 Å². The molecule has 1 aliphatic rings. The molecule has 0 saturated heterocycles. The van der Waals surface area contributed by atoms with Crippen molar-refractivity contribution in [2.45, 2.75) is 13.3 Å². The van der Waals surface area contributed by atoms with Crippen molar-refractivity contribution < 1.29 is 0 Å². The van der Waals surface area contributed by atoms with Crippen LogP contribution in [0.3, 0.4) is 0 Å². The van der Waals surface area contributed by atoms with Crippen LogP contribution in [0.5, 0.6) is 0 Å². The van der Waals surface area contributed by atoms with Crippen LogP contribution in [-0.4, -0.2) is 14.1 Å². The summed E-state index contributed by atoms with van der Waals surface area (Å²) in [6.07, 6.45) is 1.04. The molecule has 0 atom stereocenters. The predicted octanol–water partition coefficient (Wildman–Crippen LogP) is 1.15. The van der Waals surface area contributed by atoms with Crippen molar-refractivity contribution >= 4 is 19.8 Å². The third-order valence-electron chi connectivity index (χ3n) is 1.75. The van der Waals surface area contributed by atoms with E-state index < -0.39 is 0 Å². The van der Waals surface area contributed by atoms with E-state index in [0.717, 1.165) is 12.1 Å². The highest BCUT2D eigenvalue weighted by atomic mass is 14.8. The van der Waals surface area contributed by atoms with Gasteiger partial charge in [-0.05, 0) is 18.6 Å². The Balaban J connectivity index is 0.000000605. The van der Waals surface area contributed by atoms with E-state index in [2.05, 4.69) is 30.1 Å². The Morgan fingerprint density at radius 2 is 2.00 bits per heavy atom. The number of para-hydroxylation sites is 1. The molecule has 0 spiro atoms.